The van der Waals surface area contributed by atoms with Crippen LogP contribution in [0, 0.1) is 5.92 Å². The SMILES string of the molecule is C=Cc1cccc(C(C(=O)Nc2ccc(OC)cc2)N(C(=O)C(NC(=O)OC(C)(C)C)C(C)CC)C(C)(C)C)c1. The van der Waals surface area contributed by atoms with Gasteiger partial charge in [-0.2, -0.15) is 0 Å². The van der Waals surface area contributed by atoms with Crippen LogP contribution < -0.4 is 15.4 Å². The van der Waals surface area contributed by atoms with E-state index in [9.17, 15) is 14.4 Å². The average Bonchev–Trinajstić information content (AvgIpc) is 2.88. The van der Waals surface area contributed by atoms with Crippen LogP contribution in [0.2, 0.25) is 0 Å². The Kier molecular flexibility index (Phi) is 10.9. The molecule has 2 N–H and O–H groups in total. The van der Waals surface area contributed by atoms with Crippen LogP contribution in [0.15, 0.2) is 55.1 Å². The van der Waals surface area contributed by atoms with Crippen molar-refractivity contribution in [2.75, 3.05) is 12.4 Å². The van der Waals surface area contributed by atoms with E-state index in [1.807, 2.05) is 58.9 Å². The number of nitrogens with one attached hydrogen (secondary N) is 2. The fourth-order valence-electron chi connectivity index (χ4n) is 4.27. The lowest BCUT2D eigenvalue weighted by atomic mass is 9.91. The van der Waals surface area contributed by atoms with Crippen molar-refractivity contribution in [3.63, 3.8) is 0 Å². The van der Waals surface area contributed by atoms with Gasteiger partial charge in [-0.05, 0) is 88.9 Å². The number of hydrogen-bond acceptors (Lipinski definition) is 5. The molecule has 0 aliphatic rings. The van der Waals surface area contributed by atoms with Crippen molar-refractivity contribution >= 4 is 29.7 Å². The van der Waals surface area contributed by atoms with Crippen LogP contribution >= 0.6 is 0 Å². The summed E-state index contributed by atoms with van der Waals surface area (Å²) in [5, 5.41) is 5.76. The molecule has 3 amide bonds. The summed E-state index contributed by atoms with van der Waals surface area (Å²) in [6.07, 6.45) is 1.63. The average molecular weight is 552 g/mol. The van der Waals surface area contributed by atoms with Gasteiger partial charge in [0.05, 0.1) is 7.11 Å². The van der Waals surface area contributed by atoms with Crippen molar-refractivity contribution in [3.8, 4) is 5.75 Å². The molecule has 0 heterocycles. The van der Waals surface area contributed by atoms with Gasteiger partial charge in [-0.1, -0.05) is 51.1 Å². The van der Waals surface area contributed by atoms with Crippen molar-refractivity contribution in [2.24, 2.45) is 5.92 Å². The highest BCUT2D eigenvalue weighted by Crippen LogP contribution is 2.33. The molecule has 0 bridgehead atoms. The standard InChI is InChI=1S/C32H45N3O5/c1-11-21(3)26(34-30(38)40-32(7,8)9)29(37)35(31(4,5)6)27(23-15-13-14-22(12-2)20-23)28(36)33-24-16-18-25(39-10)19-17-24/h12-21,26-27H,2,11H2,1,3-10H3,(H,33,36)(H,34,38). The van der Waals surface area contributed by atoms with Crippen LogP contribution in [-0.2, 0) is 14.3 Å². The number of methoxy groups -OCH3 is 1. The molecular formula is C32H45N3O5. The van der Waals surface area contributed by atoms with Crippen LogP contribution in [0.1, 0.15) is 79.0 Å². The van der Waals surface area contributed by atoms with E-state index in [2.05, 4.69) is 17.2 Å². The molecule has 40 heavy (non-hydrogen) atoms. The van der Waals surface area contributed by atoms with Gasteiger partial charge < -0.3 is 25.0 Å². The lowest BCUT2D eigenvalue weighted by Gasteiger charge is -2.44. The van der Waals surface area contributed by atoms with Crippen LogP contribution in [-0.4, -0.2) is 47.1 Å². The van der Waals surface area contributed by atoms with E-state index >= 15 is 0 Å². The largest absolute Gasteiger partial charge is 0.497 e. The number of anilines is 1. The normalized spacial score (nSPS) is 13.8. The number of carbonyl (C=O) groups is 3. The lowest BCUT2D eigenvalue weighted by Crippen LogP contribution is -2.59. The van der Waals surface area contributed by atoms with Crippen molar-refractivity contribution in [3.05, 3.63) is 66.2 Å². The Morgan fingerprint density at radius 1 is 1.02 bits per heavy atom. The van der Waals surface area contributed by atoms with Crippen LogP contribution in [0.25, 0.3) is 6.08 Å². The highest BCUT2D eigenvalue weighted by atomic mass is 16.6. The molecule has 3 unspecified atom stereocenters. The predicted octanol–water partition coefficient (Wildman–Crippen LogP) is 6.58. The van der Waals surface area contributed by atoms with Gasteiger partial charge in [0.25, 0.3) is 5.91 Å². The third-order valence-electron chi connectivity index (χ3n) is 6.44. The molecule has 0 aromatic heterocycles. The summed E-state index contributed by atoms with van der Waals surface area (Å²) in [6, 6.07) is 12.4. The van der Waals surface area contributed by atoms with Gasteiger partial charge in [-0.15, -0.1) is 0 Å². The van der Waals surface area contributed by atoms with Crippen molar-refractivity contribution in [1.82, 2.24) is 10.2 Å². The molecule has 0 radical (unpaired) electrons. The van der Waals surface area contributed by atoms with Crippen LogP contribution in [0.3, 0.4) is 0 Å². The predicted molar refractivity (Wildman–Crippen MR) is 160 cm³/mol. The fourth-order valence-corrected chi connectivity index (χ4v) is 4.27. The maximum atomic E-state index is 14.4. The van der Waals surface area contributed by atoms with Crippen molar-refractivity contribution in [2.45, 2.75) is 85.0 Å². The molecule has 2 aromatic rings. The Hall–Kier alpha value is -3.81. The van der Waals surface area contributed by atoms with Gasteiger partial charge in [-0.3, -0.25) is 9.59 Å². The number of ether oxygens (including phenoxy) is 2. The molecule has 0 saturated carbocycles. The Bertz CT molecular complexity index is 1180. The topological polar surface area (TPSA) is 97.0 Å². The summed E-state index contributed by atoms with van der Waals surface area (Å²) < 4.78 is 10.7. The number of hydrogen-bond donors (Lipinski definition) is 2. The van der Waals surface area contributed by atoms with Crippen LogP contribution in [0.4, 0.5) is 10.5 Å². The first-order valence-corrected chi connectivity index (χ1v) is 13.6. The van der Waals surface area contributed by atoms with Gasteiger partial charge in [0.15, 0.2) is 0 Å². The van der Waals surface area contributed by atoms with Crippen molar-refractivity contribution < 1.29 is 23.9 Å². The third kappa shape index (κ3) is 8.86. The van der Waals surface area contributed by atoms with E-state index in [0.29, 0.717) is 23.4 Å². The number of benzene rings is 2. The second kappa shape index (κ2) is 13.5. The van der Waals surface area contributed by atoms with Gasteiger partial charge in [-0.25, -0.2) is 4.79 Å². The van der Waals surface area contributed by atoms with Gasteiger partial charge >= 0.3 is 6.09 Å². The minimum Gasteiger partial charge on any atom is -0.497 e. The first-order chi connectivity index (χ1) is 18.6. The first-order valence-electron chi connectivity index (χ1n) is 13.6. The minimum absolute atomic E-state index is 0.227. The number of amides is 3. The molecule has 0 fully saturated rings. The summed E-state index contributed by atoms with van der Waals surface area (Å²) in [6.45, 7) is 18.6. The van der Waals surface area contributed by atoms with Crippen LogP contribution in [0.5, 0.6) is 5.75 Å². The summed E-state index contributed by atoms with van der Waals surface area (Å²) in [5.74, 6) is -0.347. The highest BCUT2D eigenvalue weighted by Gasteiger charge is 2.43. The van der Waals surface area contributed by atoms with Gasteiger partial charge in [0.2, 0.25) is 5.91 Å². The van der Waals surface area contributed by atoms with Crippen molar-refractivity contribution in [1.29, 1.82) is 0 Å². The second-order valence-corrected chi connectivity index (χ2v) is 11.9. The number of rotatable bonds is 10. The molecule has 2 rings (SSSR count). The molecule has 218 valence electrons. The van der Waals surface area contributed by atoms with Gasteiger partial charge in [0, 0.05) is 11.2 Å². The molecule has 0 saturated heterocycles. The lowest BCUT2D eigenvalue weighted by molar-refractivity contribution is -0.147. The maximum absolute atomic E-state index is 14.4. The Labute approximate surface area is 239 Å². The number of nitrogens with zero attached hydrogens (tertiary/aromatic N) is 1. The van der Waals surface area contributed by atoms with E-state index < -0.39 is 35.2 Å². The summed E-state index contributed by atoms with van der Waals surface area (Å²) in [7, 11) is 1.57. The number of carbonyl (C=O) groups excluding carboxylic acids is 3. The monoisotopic (exact) mass is 551 g/mol. The zero-order chi connectivity index (χ0) is 30.3. The third-order valence-corrected chi connectivity index (χ3v) is 6.44. The fraction of sp³-hybridized carbons (Fsp3) is 0.469. The molecule has 8 heteroatoms. The Morgan fingerprint density at radius 3 is 2.15 bits per heavy atom. The second-order valence-electron chi connectivity index (χ2n) is 11.9. The maximum Gasteiger partial charge on any atom is 0.408 e. The zero-order valence-corrected chi connectivity index (χ0v) is 25.3. The molecule has 0 spiro atoms. The minimum atomic E-state index is -1.01. The van der Waals surface area contributed by atoms with Gasteiger partial charge in [0.1, 0.15) is 23.4 Å². The molecule has 0 aliphatic heterocycles. The summed E-state index contributed by atoms with van der Waals surface area (Å²) >= 11 is 0. The quantitative estimate of drug-likeness (QED) is 0.347. The smallest absolute Gasteiger partial charge is 0.408 e. The molecule has 3 atom stereocenters. The zero-order valence-electron chi connectivity index (χ0n) is 25.3. The molecule has 2 aromatic carbocycles. The van der Waals surface area contributed by atoms with E-state index in [-0.39, 0.29) is 11.8 Å². The van der Waals surface area contributed by atoms with E-state index in [0.717, 1.165) is 5.56 Å². The van der Waals surface area contributed by atoms with E-state index in [4.69, 9.17) is 9.47 Å². The molecule has 0 aliphatic carbocycles. The molecule has 8 nitrogen and oxygen atoms in total. The van der Waals surface area contributed by atoms with E-state index in [1.165, 1.54) is 0 Å². The number of alkyl carbamates (subject to hydrolysis) is 1. The Balaban J connectivity index is 2.63. The Morgan fingerprint density at radius 2 is 1.65 bits per heavy atom. The first kappa shape index (κ1) is 32.4. The summed E-state index contributed by atoms with van der Waals surface area (Å²) in [4.78, 5) is 42.9. The molecular weight excluding hydrogens is 506 g/mol. The van der Waals surface area contributed by atoms with E-state index in [1.54, 1.807) is 63.1 Å². The summed E-state index contributed by atoms with van der Waals surface area (Å²) in [5.41, 5.74) is 0.452. The highest BCUT2D eigenvalue weighted by molar-refractivity contribution is 5.99.